The molecule has 108 valence electrons. The van der Waals surface area contributed by atoms with E-state index in [0.717, 1.165) is 32.1 Å². The Morgan fingerprint density at radius 3 is 1.63 bits per heavy atom. The summed E-state index contributed by atoms with van der Waals surface area (Å²) in [5.74, 6) is 0. The first-order valence-corrected chi connectivity index (χ1v) is 7.53. The average molecular weight is 280 g/mol. The molecule has 0 heterocycles. The fourth-order valence-corrected chi connectivity index (χ4v) is 1.91. The van der Waals surface area contributed by atoms with Gasteiger partial charge in [0, 0.05) is 6.42 Å². The summed E-state index contributed by atoms with van der Waals surface area (Å²) < 4.78 is 0. The maximum atomic E-state index is 10.7. The molecule has 0 aliphatic carbocycles. The molecule has 0 saturated carbocycles. The van der Waals surface area contributed by atoms with E-state index in [9.17, 15) is 4.79 Å². The number of allylic oxidation sites excluding steroid dienone is 6. The topological polar surface area (TPSA) is 17.1 Å². The van der Waals surface area contributed by atoms with Crippen molar-refractivity contribution in [3.05, 3.63) is 34.9 Å². The zero-order valence-corrected chi connectivity index (χ0v) is 13.7. The smallest absolute Gasteiger partial charge is 0.186 e. The number of rotatable bonds is 9. The lowest BCUT2D eigenvalue weighted by molar-refractivity contribution is -0.110. The van der Waals surface area contributed by atoms with Gasteiger partial charge in [-0.15, -0.1) is 12.6 Å². The van der Waals surface area contributed by atoms with Crippen molar-refractivity contribution in [3.63, 3.8) is 0 Å². The summed E-state index contributed by atoms with van der Waals surface area (Å²) >= 11 is 3.76. The molecule has 1 nitrogen and oxygen atoms in total. The molecule has 0 aromatic rings. The first kappa shape index (κ1) is 18.2. The molecule has 0 aromatic heterocycles. The van der Waals surface area contributed by atoms with E-state index in [1.165, 1.54) is 16.7 Å². The number of hydrogen-bond donors (Lipinski definition) is 1. The third kappa shape index (κ3) is 13.5. The van der Waals surface area contributed by atoms with Gasteiger partial charge < -0.3 is 0 Å². The molecule has 19 heavy (non-hydrogen) atoms. The number of carbonyl (C=O) groups excluding carboxylic acids is 1. The van der Waals surface area contributed by atoms with Gasteiger partial charge in [-0.1, -0.05) is 34.9 Å². The summed E-state index contributed by atoms with van der Waals surface area (Å²) in [6, 6.07) is 0. The highest BCUT2D eigenvalue weighted by atomic mass is 32.1. The first-order valence-electron chi connectivity index (χ1n) is 7.08. The molecule has 0 radical (unpaired) electrons. The molecule has 0 rings (SSSR count). The number of carbonyl (C=O) groups is 1. The van der Waals surface area contributed by atoms with Crippen molar-refractivity contribution >= 4 is 17.7 Å². The van der Waals surface area contributed by atoms with Gasteiger partial charge >= 0.3 is 0 Å². The van der Waals surface area contributed by atoms with Crippen LogP contribution in [-0.2, 0) is 4.79 Å². The fourth-order valence-electron chi connectivity index (χ4n) is 1.78. The first-order chi connectivity index (χ1) is 8.91. The normalized spacial score (nSPS) is 12.5. The summed E-state index contributed by atoms with van der Waals surface area (Å²) in [5.41, 5.74) is 4.23. The van der Waals surface area contributed by atoms with Crippen LogP contribution in [0, 0.1) is 0 Å². The Morgan fingerprint density at radius 2 is 1.21 bits per heavy atom. The highest BCUT2D eigenvalue weighted by Crippen LogP contribution is 2.12. The highest BCUT2D eigenvalue weighted by molar-refractivity contribution is 7.96. The van der Waals surface area contributed by atoms with Crippen molar-refractivity contribution in [3.8, 4) is 0 Å². The summed E-state index contributed by atoms with van der Waals surface area (Å²) in [7, 11) is 0. The molecule has 0 fully saturated rings. The third-order valence-corrected chi connectivity index (χ3v) is 3.20. The molecule has 0 saturated heterocycles. The van der Waals surface area contributed by atoms with E-state index in [1.54, 1.807) is 0 Å². The summed E-state index contributed by atoms with van der Waals surface area (Å²) in [6.07, 6.45) is 12.6. The predicted molar refractivity (Wildman–Crippen MR) is 88.6 cm³/mol. The second-order valence-electron chi connectivity index (χ2n) is 5.39. The van der Waals surface area contributed by atoms with Gasteiger partial charge in [-0.25, -0.2) is 0 Å². The monoisotopic (exact) mass is 280 g/mol. The van der Waals surface area contributed by atoms with Gasteiger partial charge in [0.25, 0.3) is 0 Å². The summed E-state index contributed by atoms with van der Waals surface area (Å²) in [5, 5.41) is -0.0286. The largest absolute Gasteiger partial charge is 0.287 e. The van der Waals surface area contributed by atoms with Crippen LogP contribution in [0.1, 0.15) is 66.2 Å². The molecule has 0 aliphatic heterocycles. The van der Waals surface area contributed by atoms with Crippen molar-refractivity contribution in [2.45, 2.75) is 66.2 Å². The summed E-state index contributed by atoms with van der Waals surface area (Å²) in [4.78, 5) is 10.7. The second kappa shape index (κ2) is 11.1. The van der Waals surface area contributed by atoms with Crippen LogP contribution in [0.25, 0.3) is 0 Å². The lowest BCUT2D eigenvalue weighted by Crippen LogP contribution is -1.85. The van der Waals surface area contributed by atoms with Crippen molar-refractivity contribution in [2.75, 3.05) is 0 Å². The van der Waals surface area contributed by atoms with Crippen LogP contribution in [0.15, 0.2) is 34.9 Å². The van der Waals surface area contributed by atoms with Crippen LogP contribution in [-0.4, -0.2) is 5.12 Å². The Hall–Kier alpha value is -0.760. The Kier molecular flexibility index (Phi) is 10.7. The molecule has 0 atom stereocenters. The Labute approximate surface area is 124 Å². The molecule has 0 spiro atoms. The molecule has 0 aliphatic rings. The van der Waals surface area contributed by atoms with E-state index in [2.05, 4.69) is 58.6 Å². The van der Waals surface area contributed by atoms with Gasteiger partial charge in [-0.3, -0.25) is 4.79 Å². The molecular weight excluding hydrogens is 252 g/mol. The quantitative estimate of drug-likeness (QED) is 0.427. The Balaban J connectivity index is 3.86. The van der Waals surface area contributed by atoms with Gasteiger partial charge in [0.05, 0.1) is 0 Å². The lowest BCUT2D eigenvalue weighted by atomic mass is 10.1. The molecular formula is C17H28OS. The van der Waals surface area contributed by atoms with Crippen molar-refractivity contribution in [1.82, 2.24) is 0 Å². The molecule has 0 aromatic carbocycles. The van der Waals surface area contributed by atoms with Crippen LogP contribution in [0.2, 0.25) is 0 Å². The number of hydrogen-bond acceptors (Lipinski definition) is 1. The third-order valence-electron chi connectivity index (χ3n) is 2.97. The van der Waals surface area contributed by atoms with Crippen LogP contribution < -0.4 is 0 Å². The van der Waals surface area contributed by atoms with Crippen LogP contribution >= 0.6 is 12.6 Å². The minimum absolute atomic E-state index is 0.0286. The van der Waals surface area contributed by atoms with Crippen molar-refractivity contribution < 1.29 is 4.79 Å². The predicted octanol–water partition coefficient (Wildman–Crippen LogP) is 5.64. The van der Waals surface area contributed by atoms with Crippen LogP contribution in [0.4, 0.5) is 0 Å². The zero-order valence-electron chi connectivity index (χ0n) is 12.8. The Morgan fingerprint density at radius 1 is 0.789 bits per heavy atom. The minimum Gasteiger partial charge on any atom is -0.287 e. The van der Waals surface area contributed by atoms with Gasteiger partial charge in [-0.2, -0.15) is 0 Å². The van der Waals surface area contributed by atoms with E-state index in [0.29, 0.717) is 6.42 Å². The van der Waals surface area contributed by atoms with E-state index < -0.39 is 0 Å². The lowest BCUT2D eigenvalue weighted by Gasteiger charge is -2.01. The zero-order chi connectivity index (χ0) is 14.7. The van der Waals surface area contributed by atoms with Gasteiger partial charge in [0.1, 0.15) is 0 Å². The molecule has 0 bridgehead atoms. The Bertz CT molecular complexity index is 357. The van der Waals surface area contributed by atoms with Gasteiger partial charge in [0.2, 0.25) is 0 Å². The van der Waals surface area contributed by atoms with Gasteiger partial charge in [0.15, 0.2) is 5.12 Å². The highest BCUT2D eigenvalue weighted by Gasteiger charge is 1.94. The molecule has 0 amide bonds. The SMILES string of the molecule is CC(C)=CCCC(C)=CCCC(C)=CCCC(=O)S. The van der Waals surface area contributed by atoms with Gasteiger partial charge in [-0.05, 0) is 59.8 Å². The van der Waals surface area contributed by atoms with Crippen LogP contribution in [0.5, 0.6) is 0 Å². The second-order valence-corrected chi connectivity index (χ2v) is 5.89. The standard InChI is InChI=1S/C17H28OS/c1-14(2)8-5-9-15(3)10-6-11-16(4)12-7-13-17(18)19/h8,10,12H,5-7,9,11,13H2,1-4H3,(H,18,19). The van der Waals surface area contributed by atoms with E-state index in [4.69, 9.17) is 0 Å². The summed E-state index contributed by atoms with van der Waals surface area (Å²) in [6.45, 7) is 8.62. The molecule has 0 unspecified atom stereocenters. The van der Waals surface area contributed by atoms with E-state index in [-0.39, 0.29) is 5.12 Å². The van der Waals surface area contributed by atoms with Crippen molar-refractivity contribution in [2.24, 2.45) is 0 Å². The van der Waals surface area contributed by atoms with E-state index >= 15 is 0 Å². The molecule has 0 N–H and O–H groups in total. The molecule has 2 heteroatoms. The average Bonchev–Trinajstić information content (AvgIpc) is 2.27. The number of thiol groups is 1. The van der Waals surface area contributed by atoms with E-state index in [1.807, 2.05) is 0 Å². The van der Waals surface area contributed by atoms with Crippen molar-refractivity contribution in [1.29, 1.82) is 0 Å². The maximum absolute atomic E-state index is 10.7. The maximum Gasteiger partial charge on any atom is 0.186 e. The minimum atomic E-state index is -0.0286. The fraction of sp³-hybridized carbons (Fsp3) is 0.588. The van der Waals surface area contributed by atoms with Crippen LogP contribution in [0.3, 0.4) is 0 Å².